The Morgan fingerprint density at radius 3 is 0.818 bits per heavy atom. The first-order chi connectivity index (χ1) is 73.2. The minimum Gasteiger partial charge on any atom is -0.456 e. The van der Waals surface area contributed by atoms with Crippen LogP contribution in [0.2, 0.25) is 0 Å². The predicted octanol–water partition coefficient (Wildman–Crippen LogP) is 34.5. The van der Waals surface area contributed by atoms with Crippen LogP contribution in [0.25, 0.3) is 287 Å². The van der Waals surface area contributed by atoms with Crippen LogP contribution in [0.15, 0.2) is 499 Å². The van der Waals surface area contributed by atoms with Gasteiger partial charge in [-0.15, -0.1) is 11.3 Å². The minimum atomic E-state index is 0.643. The highest BCUT2D eigenvalue weighted by molar-refractivity contribution is 7.25. The Morgan fingerprint density at radius 1 is 0.122 bits per heavy atom. The van der Waals surface area contributed by atoms with Gasteiger partial charge in [0.2, 0.25) is 0 Å². The summed E-state index contributed by atoms with van der Waals surface area (Å²) in [6, 6.07) is 166. The largest absolute Gasteiger partial charge is 0.456 e. The zero-order valence-corrected chi connectivity index (χ0v) is 80.0. The predicted molar refractivity (Wildman–Crippen MR) is 604 cm³/mol. The van der Waals surface area contributed by atoms with Gasteiger partial charge in [0, 0.05) is 119 Å². The molecule has 692 valence electrons. The van der Waals surface area contributed by atoms with Gasteiger partial charge in [-0.2, -0.15) is 0 Å². The van der Waals surface area contributed by atoms with E-state index in [1.807, 2.05) is 272 Å². The Morgan fingerprint density at radius 2 is 0.399 bits per heavy atom. The van der Waals surface area contributed by atoms with Crippen molar-refractivity contribution >= 4 is 162 Å². The summed E-state index contributed by atoms with van der Waals surface area (Å²) in [6.45, 7) is 0. The second kappa shape index (κ2) is 37.5. The van der Waals surface area contributed by atoms with Crippen molar-refractivity contribution in [1.29, 1.82) is 0 Å². The van der Waals surface area contributed by atoms with Crippen LogP contribution in [0, 0.1) is 0 Å². The van der Waals surface area contributed by atoms with Gasteiger partial charge in [-0.05, 0) is 156 Å². The molecule has 0 fully saturated rings. The number of benzene rings is 22. The summed E-state index contributed by atoms with van der Waals surface area (Å²) in [7, 11) is 0. The van der Waals surface area contributed by atoms with E-state index >= 15 is 0 Å². The van der Waals surface area contributed by atoms with Crippen LogP contribution in [0.1, 0.15) is 0 Å². The molecule has 0 amide bonds. The molecule has 0 spiro atoms. The van der Waals surface area contributed by atoms with Gasteiger partial charge in [0.1, 0.15) is 33.5 Å². The van der Waals surface area contributed by atoms with E-state index in [4.69, 9.17) is 73.1 Å². The van der Waals surface area contributed by atoms with Crippen molar-refractivity contribution in [3.8, 4) is 137 Å². The first-order valence-corrected chi connectivity index (χ1v) is 49.8. The molecule has 0 aliphatic heterocycles. The molecule has 30 aromatic rings. The van der Waals surface area contributed by atoms with E-state index in [0.29, 0.717) is 69.9 Å². The van der Waals surface area contributed by atoms with E-state index in [2.05, 4.69) is 224 Å². The summed E-state index contributed by atoms with van der Waals surface area (Å²) in [5.74, 6) is 7.88. The van der Waals surface area contributed by atoms with Crippen molar-refractivity contribution in [2.45, 2.75) is 0 Å². The Bertz CT molecular complexity index is 10200. The van der Waals surface area contributed by atoms with Gasteiger partial charge in [-0.3, -0.25) is 0 Å². The van der Waals surface area contributed by atoms with Crippen molar-refractivity contribution in [3.63, 3.8) is 0 Å². The van der Waals surface area contributed by atoms with E-state index in [-0.39, 0.29) is 0 Å². The van der Waals surface area contributed by atoms with Crippen molar-refractivity contribution in [2.75, 3.05) is 0 Å². The number of fused-ring (bicyclic) bond motifs is 19. The van der Waals surface area contributed by atoms with Crippen molar-refractivity contribution in [2.24, 2.45) is 0 Å². The highest BCUT2D eigenvalue weighted by Crippen LogP contribution is 2.44. The van der Waals surface area contributed by atoms with Gasteiger partial charge in [0.05, 0.1) is 0 Å². The number of para-hydroxylation sites is 3. The molecule has 0 aliphatic rings. The molecule has 8 heterocycles. The van der Waals surface area contributed by atoms with E-state index < -0.39 is 0 Å². The van der Waals surface area contributed by atoms with Crippen LogP contribution in [-0.2, 0) is 0 Å². The van der Waals surface area contributed by atoms with Crippen molar-refractivity contribution in [3.05, 3.63) is 485 Å². The normalized spacial score (nSPS) is 11.5. The summed E-state index contributed by atoms with van der Waals surface area (Å²) in [4.78, 5) is 58.9. The van der Waals surface area contributed by atoms with Gasteiger partial charge in [-0.25, -0.2) is 59.8 Å². The number of rotatable bonds is 12. The zero-order chi connectivity index (χ0) is 97.9. The average Bonchev–Trinajstić information content (AvgIpc) is 1.72. The molecular weight excluding hydrogens is 1830 g/mol. The lowest BCUT2D eigenvalue weighted by molar-refractivity contribution is 0.669. The minimum absolute atomic E-state index is 0.643. The fraction of sp³-hybridized carbons (Fsp3) is 0. The lowest BCUT2D eigenvalue weighted by Crippen LogP contribution is -2.00. The van der Waals surface area contributed by atoms with Crippen LogP contribution >= 0.6 is 11.3 Å². The number of hydrogen-bond donors (Lipinski definition) is 0. The van der Waals surface area contributed by atoms with Gasteiger partial charge in [-0.1, -0.05) is 394 Å². The van der Waals surface area contributed by atoms with Gasteiger partial charge < -0.3 is 13.3 Å². The number of hydrogen-bond acceptors (Lipinski definition) is 16. The van der Waals surface area contributed by atoms with Crippen molar-refractivity contribution < 1.29 is 13.3 Å². The molecule has 0 atom stereocenters. The first-order valence-electron chi connectivity index (χ1n) is 49.0. The lowest BCUT2D eigenvalue weighted by Gasteiger charge is -2.12. The molecule has 0 N–H and O–H groups in total. The lowest BCUT2D eigenvalue weighted by atomic mass is 9.98. The average molecular weight is 1910 g/mol. The van der Waals surface area contributed by atoms with E-state index in [1.165, 1.54) is 47.1 Å². The second-order valence-electron chi connectivity index (χ2n) is 36.5. The van der Waals surface area contributed by atoms with Crippen LogP contribution < -0.4 is 0 Å². The topological polar surface area (TPSA) is 194 Å². The van der Waals surface area contributed by atoms with E-state index in [1.54, 1.807) is 0 Å². The van der Waals surface area contributed by atoms with Crippen molar-refractivity contribution in [1.82, 2.24) is 59.8 Å². The molecule has 30 rings (SSSR count). The second-order valence-corrected chi connectivity index (χ2v) is 37.6. The van der Waals surface area contributed by atoms with E-state index in [9.17, 15) is 0 Å². The number of aromatic nitrogens is 12. The number of thiophene rings is 1. The molecule has 0 bridgehead atoms. The SMILES string of the molecule is c1ccc(-c2nc(-c3ccc4cc5c(cc4c3)sc3ccccc35)nc(-c3cccc4c3ccc3ccccc34)n2)cc1.c1ccc(-c2nc(-c3ccccc3)nc(-c3ccc4cc5c(cc4c3)oc3ccccc35)n2)cc1.c1ccc(-c2nc(-c3ccccc3)nc(-c3ccc4cc5oc6ccccc6c5cc4c3)n2)cc1.c1ccc(-c2nc(-c3ccccc3)nc(-c3cccc4cc5oc6ccccc6c5cc34)n2)cc1. The molecular formula is C132H80N12O3S. The van der Waals surface area contributed by atoms with Gasteiger partial charge in [0.25, 0.3) is 0 Å². The molecule has 16 heteroatoms. The number of furan rings is 3. The quantitative estimate of drug-likeness (QED) is 0.105. The maximum atomic E-state index is 6.12. The Balaban J connectivity index is 0.0000000978. The zero-order valence-electron chi connectivity index (χ0n) is 79.2. The fourth-order valence-corrected chi connectivity index (χ4v) is 21.0. The Hall–Kier alpha value is -19.9. The van der Waals surface area contributed by atoms with Gasteiger partial charge >= 0.3 is 0 Å². The number of nitrogens with zero attached hydrogens (tertiary/aromatic N) is 12. The Kier molecular flexibility index (Phi) is 22.1. The van der Waals surface area contributed by atoms with Crippen LogP contribution in [0.3, 0.4) is 0 Å². The van der Waals surface area contributed by atoms with E-state index in [0.717, 1.165) is 170 Å². The Labute approximate surface area is 851 Å². The monoisotopic (exact) mass is 1910 g/mol. The molecule has 22 aromatic carbocycles. The summed E-state index contributed by atoms with van der Waals surface area (Å²) in [5, 5.41) is 23.0. The summed E-state index contributed by atoms with van der Waals surface area (Å²) < 4.78 is 20.9. The smallest absolute Gasteiger partial charge is 0.164 e. The third kappa shape index (κ3) is 16.8. The van der Waals surface area contributed by atoms with Crippen LogP contribution in [0.4, 0.5) is 0 Å². The maximum Gasteiger partial charge on any atom is 0.164 e. The maximum absolute atomic E-state index is 6.12. The first kappa shape index (κ1) is 87.1. The molecule has 0 aliphatic carbocycles. The van der Waals surface area contributed by atoms with Crippen LogP contribution in [0.5, 0.6) is 0 Å². The summed E-state index contributed by atoms with van der Waals surface area (Å²) >= 11 is 1.84. The van der Waals surface area contributed by atoms with Gasteiger partial charge in [0.15, 0.2) is 69.9 Å². The van der Waals surface area contributed by atoms with Crippen LogP contribution in [-0.4, -0.2) is 59.8 Å². The molecule has 148 heavy (non-hydrogen) atoms. The highest BCUT2D eigenvalue weighted by Gasteiger charge is 2.23. The third-order valence-electron chi connectivity index (χ3n) is 27.2. The molecule has 0 saturated carbocycles. The highest BCUT2D eigenvalue weighted by atomic mass is 32.1. The molecule has 0 unspecified atom stereocenters. The molecule has 0 saturated heterocycles. The fourth-order valence-electron chi connectivity index (χ4n) is 19.9. The summed E-state index contributed by atoms with van der Waals surface area (Å²) in [6.07, 6.45) is 0. The molecule has 0 radical (unpaired) electrons. The third-order valence-corrected chi connectivity index (χ3v) is 28.3. The standard InChI is InChI=1S/C39H23N3S.3C31H19N3O/c1-2-10-25(11-3-1)37-40-38(27-18-17-26-22-34-32-13-6-7-16-35(32)43-36(34)23-28(26)21-27)42-39(41-37)33-15-8-14-30-29-12-5-4-9-24(29)19-20-31(30)33;1-3-10-20(11-4-1)29-32-30(21-12-5-2-6-13-21)34-31(33-29)24-16-9-14-22-18-28-26(19-25(22)24)23-15-7-8-17-27(23)35-28;1-3-9-20(10-4-1)29-32-30(21-11-5-2-6-12-21)34-31(33-29)23-16-15-22-19-28-26(18-24(22)17-23)25-13-7-8-14-27(25)35-28;1-3-9-20(10-4-1)29-32-30(21-11-5-2-6-12-21)34-31(33-29)23-16-15-22-18-26-25-13-7-8-14-27(25)35-28(26)19-24(22)17-23/h1-23H;3*1-19H. The molecule has 15 nitrogen and oxygen atoms in total. The summed E-state index contributed by atoms with van der Waals surface area (Å²) in [5.41, 5.74) is 16.8. The molecule has 8 aromatic heterocycles.